The van der Waals surface area contributed by atoms with Crippen molar-refractivity contribution in [3.05, 3.63) is 108 Å². The predicted molar refractivity (Wildman–Crippen MR) is 114 cm³/mol. The maximum Gasteiger partial charge on any atom is 0.126 e. The third-order valence-corrected chi connectivity index (χ3v) is 4.71. The van der Waals surface area contributed by atoms with Crippen molar-refractivity contribution in [2.24, 2.45) is 0 Å². The summed E-state index contributed by atoms with van der Waals surface area (Å²) in [6.45, 7) is 1.80. The Morgan fingerprint density at radius 3 is 2.04 bits per heavy atom. The maximum atomic E-state index is 5.38. The molecule has 2 heteroatoms. The van der Waals surface area contributed by atoms with Gasteiger partial charge in [0.2, 0.25) is 0 Å². The number of methoxy groups -OCH3 is 1. The van der Waals surface area contributed by atoms with Crippen molar-refractivity contribution in [2.75, 3.05) is 20.2 Å². The molecular weight excluding hydrogens is 330 g/mol. The number of nitrogens with one attached hydrogen (secondary N) is 1. The van der Waals surface area contributed by atoms with Gasteiger partial charge in [0, 0.05) is 18.0 Å². The molecule has 0 saturated carbocycles. The van der Waals surface area contributed by atoms with E-state index >= 15 is 0 Å². The topological polar surface area (TPSA) is 21.3 Å². The predicted octanol–water partition coefficient (Wildman–Crippen LogP) is 5.52. The summed E-state index contributed by atoms with van der Waals surface area (Å²) in [4.78, 5) is 0. The molecule has 0 aliphatic carbocycles. The zero-order valence-corrected chi connectivity index (χ0v) is 15.8. The van der Waals surface area contributed by atoms with Gasteiger partial charge in [0.25, 0.3) is 0 Å². The smallest absolute Gasteiger partial charge is 0.126 e. The zero-order chi connectivity index (χ0) is 18.7. The molecule has 0 atom stereocenters. The lowest BCUT2D eigenvalue weighted by Crippen LogP contribution is -2.18. The molecule has 0 aliphatic heterocycles. The molecule has 2 nitrogen and oxygen atoms in total. The van der Waals surface area contributed by atoms with Crippen LogP contribution in [0, 0.1) is 0 Å². The number of rotatable bonds is 9. The molecule has 0 heterocycles. The molecule has 0 saturated heterocycles. The van der Waals surface area contributed by atoms with Gasteiger partial charge < -0.3 is 10.1 Å². The van der Waals surface area contributed by atoms with Gasteiger partial charge in [0.15, 0.2) is 0 Å². The fourth-order valence-electron chi connectivity index (χ4n) is 3.32. The van der Waals surface area contributed by atoms with E-state index < -0.39 is 0 Å². The lowest BCUT2D eigenvalue weighted by Gasteiger charge is -2.18. The summed E-state index contributed by atoms with van der Waals surface area (Å²) in [6, 6.07) is 29.6. The van der Waals surface area contributed by atoms with Crippen LogP contribution >= 0.6 is 0 Å². The van der Waals surface area contributed by atoms with Crippen LogP contribution in [-0.2, 0) is 0 Å². The van der Waals surface area contributed by atoms with E-state index in [1.165, 1.54) is 11.1 Å². The molecule has 0 bridgehead atoms. The SMILES string of the molecule is COc1ccccc1C=CCNCCC(c1ccccc1)c1ccccc1. The minimum atomic E-state index is 0.415. The molecule has 0 aromatic heterocycles. The Labute approximate surface area is 162 Å². The van der Waals surface area contributed by atoms with E-state index in [-0.39, 0.29) is 0 Å². The minimum absolute atomic E-state index is 0.415. The van der Waals surface area contributed by atoms with E-state index in [0.29, 0.717) is 5.92 Å². The van der Waals surface area contributed by atoms with Gasteiger partial charge in [-0.2, -0.15) is 0 Å². The molecule has 0 fully saturated rings. The maximum absolute atomic E-state index is 5.38. The summed E-state index contributed by atoms with van der Waals surface area (Å²) in [5.41, 5.74) is 3.85. The molecule has 3 aromatic carbocycles. The van der Waals surface area contributed by atoms with Crippen LogP contribution in [0.15, 0.2) is 91.0 Å². The largest absolute Gasteiger partial charge is 0.496 e. The van der Waals surface area contributed by atoms with Crippen molar-refractivity contribution in [1.82, 2.24) is 5.32 Å². The summed E-state index contributed by atoms with van der Waals surface area (Å²) in [5, 5.41) is 3.54. The van der Waals surface area contributed by atoms with Crippen molar-refractivity contribution in [2.45, 2.75) is 12.3 Å². The average molecular weight is 357 g/mol. The van der Waals surface area contributed by atoms with Gasteiger partial charge in [0.1, 0.15) is 5.75 Å². The van der Waals surface area contributed by atoms with Crippen molar-refractivity contribution >= 4 is 6.08 Å². The quantitative estimate of drug-likeness (QED) is 0.509. The third kappa shape index (κ3) is 5.57. The standard InChI is InChI=1S/C25H27NO/c1-27-25-17-9-8-15-23(25)16-10-19-26-20-18-24(21-11-4-2-5-12-21)22-13-6-3-7-14-22/h2-17,24,26H,18-20H2,1H3. The van der Waals surface area contributed by atoms with Gasteiger partial charge >= 0.3 is 0 Å². The van der Waals surface area contributed by atoms with Crippen LogP contribution in [0.4, 0.5) is 0 Å². The average Bonchev–Trinajstić information content (AvgIpc) is 2.75. The highest BCUT2D eigenvalue weighted by atomic mass is 16.5. The fourth-order valence-corrected chi connectivity index (χ4v) is 3.32. The summed E-state index contributed by atoms with van der Waals surface area (Å²) < 4.78 is 5.38. The second kappa shape index (κ2) is 10.3. The van der Waals surface area contributed by atoms with Crippen LogP contribution in [-0.4, -0.2) is 20.2 Å². The molecule has 3 aromatic rings. The Kier molecular flexibility index (Phi) is 7.25. The van der Waals surface area contributed by atoms with E-state index in [0.717, 1.165) is 30.8 Å². The molecule has 1 N–H and O–H groups in total. The van der Waals surface area contributed by atoms with Crippen LogP contribution in [0.25, 0.3) is 6.08 Å². The third-order valence-electron chi connectivity index (χ3n) is 4.71. The first-order valence-electron chi connectivity index (χ1n) is 9.48. The second-order valence-electron chi connectivity index (χ2n) is 6.51. The fraction of sp³-hybridized carbons (Fsp3) is 0.200. The van der Waals surface area contributed by atoms with E-state index in [1.807, 2.05) is 18.2 Å². The Hall–Kier alpha value is -2.84. The summed E-state index contributed by atoms with van der Waals surface area (Å²) in [7, 11) is 1.71. The summed E-state index contributed by atoms with van der Waals surface area (Å²) in [5.74, 6) is 1.32. The molecule has 0 aliphatic rings. The lowest BCUT2D eigenvalue weighted by molar-refractivity contribution is 0.414. The molecule has 27 heavy (non-hydrogen) atoms. The van der Waals surface area contributed by atoms with Crippen LogP contribution in [0.3, 0.4) is 0 Å². The zero-order valence-electron chi connectivity index (χ0n) is 15.8. The monoisotopic (exact) mass is 357 g/mol. The van der Waals surface area contributed by atoms with Crippen LogP contribution in [0.1, 0.15) is 29.0 Å². The van der Waals surface area contributed by atoms with Crippen molar-refractivity contribution in [3.8, 4) is 5.75 Å². The molecule has 0 radical (unpaired) electrons. The Bertz CT molecular complexity index is 788. The van der Waals surface area contributed by atoms with Crippen molar-refractivity contribution in [1.29, 1.82) is 0 Å². The highest BCUT2D eigenvalue weighted by molar-refractivity contribution is 5.57. The van der Waals surface area contributed by atoms with Crippen LogP contribution in [0.2, 0.25) is 0 Å². The molecular formula is C25H27NO. The van der Waals surface area contributed by atoms with E-state index in [2.05, 4.69) is 84.2 Å². The summed E-state index contributed by atoms with van der Waals surface area (Å²) >= 11 is 0. The van der Waals surface area contributed by atoms with Crippen LogP contribution < -0.4 is 10.1 Å². The van der Waals surface area contributed by atoms with Crippen molar-refractivity contribution in [3.63, 3.8) is 0 Å². The first kappa shape index (κ1) is 18.9. The number of para-hydroxylation sites is 1. The Balaban J connectivity index is 1.55. The van der Waals surface area contributed by atoms with Gasteiger partial charge in [-0.25, -0.2) is 0 Å². The first-order valence-corrected chi connectivity index (χ1v) is 9.48. The van der Waals surface area contributed by atoms with Gasteiger partial charge in [-0.1, -0.05) is 91.0 Å². The molecule has 0 spiro atoms. The molecule has 0 amide bonds. The van der Waals surface area contributed by atoms with Gasteiger partial charge in [-0.3, -0.25) is 0 Å². The minimum Gasteiger partial charge on any atom is -0.496 e. The van der Waals surface area contributed by atoms with E-state index in [1.54, 1.807) is 7.11 Å². The van der Waals surface area contributed by atoms with E-state index in [4.69, 9.17) is 4.74 Å². The first-order chi connectivity index (χ1) is 13.4. The highest BCUT2D eigenvalue weighted by Crippen LogP contribution is 2.27. The number of benzene rings is 3. The van der Waals surface area contributed by atoms with Gasteiger partial charge in [0.05, 0.1) is 7.11 Å². The molecule has 138 valence electrons. The Morgan fingerprint density at radius 1 is 0.815 bits per heavy atom. The normalized spacial score (nSPS) is 11.2. The summed E-state index contributed by atoms with van der Waals surface area (Å²) in [6.07, 6.45) is 5.33. The van der Waals surface area contributed by atoms with Crippen LogP contribution in [0.5, 0.6) is 5.75 Å². The van der Waals surface area contributed by atoms with Crippen molar-refractivity contribution < 1.29 is 4.74 Å². The number of hydrogen-bond acceptors (Lipinski definition) is 2. The lowest BCUT2D eigenvalue weighted by atomic mass is 9.88. The van der Waals surface area contributed by atoms with Gasteiger partial charge in [-0.15, -0.1) is 0 Å². The second-order valence-corrected chi connectivity index (χ2v) is 6.51. The van der Waals surface area contributed by atoms with E-state index in [9.17, 15) is 0 Å². The highest BCUT2D eigenvalue weighted by Gasteiger charge is 2.12. The molecule has 0 unspecified atom stereocenters. The number of hydrogen-bond donors (Lipinski definition) is 1. The molecule has 3 rings (SSSR count). The Morgan fingerprint density at radius 2 is 1.41 bits per heavy atom. The van der Waals surface area contributed by atoms with Gasteiger partial charge in [-0.05, 0) is 30.2 Å². The number of ether oxygens (including phenoxy) is 1.